The molecule has 2 rings (SSSR count). The largest absolute Gasteiger partial charge is 0.341 e. The van der Waals surface area contributed by atoms with E-state index in [1.807, 2.05) is 27.8 Å². The zero-order valence-corrected chi connectivity index (χ0v) is 10.8. The molecule has 2 unspecified atom stereocenters. The molecule has 0 saturated carbocycles. The van der Waals surface area contributed by atoms with E-state index in [2.05, 4.69) is 20.8 Å². The predicted molar refractivity (Wildman–Crippen MR) is 67.9 cm³/mol. The van der Waals surface area contributed by atoms with Crippen LogP contribution in [-0.2, 0) is 0 Å². The summed E-state index contributed by atoms with van der Waals surface area (Å²) < 4.78 is 2.01. The van der Waals surface area contributed by atoms with Crippen molar-refractivity contribution in [2.75, 3.05) is 13.1 Å². The Balaban J connectivity index is 2.18. The Bertz CT molecular complexity index is 401. The molecule has 1 aliphatic heterocycles. The second-order valence-electron chi connectivity index (χ2n) is 5.25. The maximum absolute atomic E-state index is 12.4. The highest BCUT2D eigenvalue weighted by Crippen LogP contribution is 2.19. The third-order valence-electron chi connectivity index (χ3n) is 3.51. The van der Waals surface area contributed by atoms with Crippen LogP contribution < -0.4 is 5.73 Å². The Labute approximate surface area is 102 Å². The first-order valence-electron chi connectivity index (χ1n) is 6.22. The Kier molecular flexibility index (Phi) is 3.24. The van der Waals surface area contributed by atoms with E-state index in [1.165, 1.54) is 0 Å². The van der Waals surface area contributed by atoms with Crippen molar-refractivity contribution in [3.05, 3.63) is 24.0 Å². The zero-order chi connectivity index (χ0) is 12.6. The highest BCUT2D eigenvalue weighted by molar-refractivity contribution is 5.93. The topological polar surface area (TPSA) is 51.3 Å². The molecule has 1 fully saturated rings. The molecule has 0 radical (unpaired) electrons. The van der Waals surface area contributed by atoms with Crippen molar-refractivity contribution in [1.82, 2.24) is 9.47 Å². The quantitative estimate of drug-likeness (QED) is 0.844. The van der Waals surface area contributed by atoms with E-state index in [9.17, 15) is 4.79 Å². The minimum absolute atomic E-state index is 0.100. The van der Waals surface area contributed by atoms with Crippen molar-refractivity contribution in [2.24, 2.45) is 11.7 Å². The van der Waals surface area contributed by atoms with Gasteiger partial charge in [0, 0.05) is 31.4 Å². The summed E-state index contributed by atoms with van der Waals surface area (Å²) in [5.41, 5.74) is 6.72. The van der Waals surface area contributed by atoms with Crippen LogP contribution in [0.15, 0.2) is 18.3 Å². The number of aromatic nitrogens is 1. The molecule has 4 heteroatoms. The third kappa shape index (κ3) is 2.22. The van der Waals surface area contributed by atoms with Gasteiger partial charge in [-0.25, -0.2) is 0 Å². The van der Waals surface area contributed by atoms with Gasteiger partial charge in [0.2, 0.25) is 0 Å². The number of carbonyl (C=O) groups is 1. The molecule has 0 aliphatic carbocycles. The van der Waals surface area contributed by atoms with Gasteiger partial charge in [0.15, 0.2) is 0 Å². The summed E-state index contributed by atoms with van der Waals surface area (Å²) in [7, 11) is 0. The van der Waals surface area contributed by atoms with Crippen LogP contribution in [-0.4, -0.2) is 34.5 Å². The third-order valence-corrected chi connectivity index (χ3v) is 3.51. The minimum Gasteiger partial charge on any atom is -0.341 e. The van der Waals surface area contributed by atoms with E-state index in [-0.39, 0.29) is 11.9 Å². The Hall–Kier alpha value is -1.29. The summed E-state index contributed by atoms with van der Waals surface area (Å²) in [6.07, 6.45) is 1.96. The average Bonchev–Trinajstić information content (AvgIpc) is 2.85. The molecular weight excluding hydrogens is 214 g/mol. The molecule has 1 amide bonds. The number of likely N-dealkylation sites (tertiary alicyclic amines) is 1. The summed E-state index contributed by atoms with van der Waals surface area (Å²) in [5.74, 6) is 0.491. The van der Waals surface area contributed by atoms with E-state index in [4.69, 9.17) is 5.73 Å². The van der Waals surface area contributed by atoms with Crippen molar-refractivity contribution >= 4 is 5.91 Å². The van der Waals surface area contributed by atoms with Crippen LogP contribution in [0.2, 0.25) is 0 Å². The van der Waals surface area contributed by atoms with Gasteiger partial charge in [0.25, 0.3) is 5.91 Å². The fourth-order valence-corrected chi connectivity index (χ4v) is 2.35. The first-order valence-corrected chi connectivity index (χ1v) is 6.22. The normalized spacial score (nSPS) is 24.6. The number of hydrogen-bond donors (Lipinski definition) is 1. The molecule has 2 atom stereocenters. The van der Waals surface area contributed by atoms with Crippen LogP contribution in [0.3, 0.4) is 0 Å². The van der Waals surface area contributed by atoms with Crippen LogP contribution >= 0.6 is 0 Å². The van der Waals surface area contributed by atoms with E-state index in [0.717, 1.165) is 12.2 Å². The van der Waals surface area contributed by atoms with Crippen LogP contribution in [0.5, 0.6) is 0 Å². The van der Waals surface area contributed by atoms with E-state index in [0.29, 0.717) is 18.5 Å². The number of amides is 1. The Morgan fingerprint density at radius 2 is 2.18 bits per heavy atom. The van der Waals surface area contributed by atoms with Crippen molar-refractivity contribution in [3.8, 4) is 0 Å². The van der Waals surface area contributed by atoms with Gasteiger partial charge in [-0.1, -0.05) is 6.92 Å². The minimum atomic E-state index is 0.100. The highest BCUT2D eigenvalue weighted by atomic mass is 16.2. The second-order valence-corrected chi connectivity index (χ2v) is 5.25. The fraction of sp³-hybridized carbons (Fsp3) is 0.615. The van der Waals surface area contributed by atoms with Gasteiger partial charge >= 0.3 is 0 Å². The molecule has 17 heavy (non-hydrogen) atoms. The monoisotopic (exact) mass is 235 g/mol. The summed E-state index contributed by atoms with van der Waals surface area (Å²) in [4.78, 5) is 14.2. The van der Waals surface area contributed by atoms with Crippen molar-refractivity contribution in [2.45, 2.75) is 32.9 Å². The Morgan fingerprint density at radius 3 is 2.71 bits per heavy atom. The van der Waals surface area contributed by atoms with Gasteiger partial charge in [-0.3, -0.25) is 4.79 Å². The number of nitrogens with two attached hydrogens (primary N) is 1. The summed E-state index contributed by atoms with van der Waals surface area (Å²) in [6.45, 7) is 7.69. The van der Waals surface area contributed by atoms with E-state index >= 15 is 0 Å². The highest BCUT2D eigenvalue weighted by Gasteiger charge is 2.31. The molecule has 1 aromatic heterocycles. The van der Waals surface area contributed by atoms with Crippen LogP contribution in [0.4, 0.5) is 0 Å². The average molecular weight is 235 g/mol. The van der Waals surface area contributed by atoms with E-state index < -0.39 is 0 Å². The first-order chi connectivity index (χ1) is 8.00. The molecule has 2 N–H and O–H groups in total. The fourth-order valence-electron chi connectivity index (χ4n) is 2.35. The SMILES string of the molecule is CC1CN(C(=O)c2cccn2C(C)C)CC1N. The molecule has 0 aromatic carbocycles. The second kappa shape index (κ2) is 4.53. The predicted octanol–water partition coefficient (Wildman–Crippen LogP) is 1.49. The van der Waals surface area contributed by atoms with Crippen molar-refractivity contribution in [3.63, 3.8) is 0 Å². The smallest absolute Gasteiger partial charge is 0.270 e. The first kappa shape index (κ1) is 12.2. The summed E-state index contributed by atoms with van der Waals surface area (Å²) >= 11 is 0. The van der Waals surface area contributed by atoms with Crippen molar-refractivity contribution < 1.29 is 4.79 Å². The molecule has 1 saturated heterocycles. The molecule has 4 nitrogen and oxygen atoms in total. The van der Waals surface area contributed by atoms with Gasteiger partial charge in [0.1, 0.15) is 5.69 Å². The van der Waals surface area contributed by atoms with Crippen molar-refractivity contribution in [1.29, 1.82) is 0 Å². The van der Waals surface area contributed by atoms with Crippen LogP contribution in [0, 0.1) is 5.92 Å². The number of nitrogens with zero attached hydrogens (tertiary/aromatic N) is 2. The van der Waals surface area contributed by atoms with Gasteiger partial charge in [0.05, 0.1) is 0 Å². The summed E-state index contributed by atoms with van der Waals surface area (Å²) in [6, 6.07) is 4.22. The maximum Gasteiger partial charge on any atom is 0.270 e. The lowest BCUT2D eigenvalue weighted by Crippen LogP contribution is -2.33. The molecule has 1 aliphatic rings. The lowest BCUT2D eigenvalue weighted by Gasteiger charge is -2.19. The zero-order valence-electron chi connectivity index (χ0n) is 10.8. The number of hydrogen-bond acceptors (Lipinski definition) is 2. The molecule has 1 aromatic rings. The number of rotatable bonds is 2. The van der Waals surface area contributed by atoms with Crippen LogP contribution in [0.1, 0.15) is 37.3 Å². The molecule has 94 valence electrons. The molecule has 0 spiro atoms. The van der Waals surface area contributed by atoms with Gasteiger partial charge in [-0.05, 0) is 31.9 Å². The van der Waals surface area contributed by atoms with E-state index in [1.54, 1.807) is 0 Å². The standard InChI is InChI=1S/C13H21N3O/c1-9(2)16-6-4-5-12(16)13(17)15-7-10(3)11(14)8-15/h4-6,9-11H,7-8,14H2,1-3H3. The summed E-state index contributed by atoms with van der Waals surface area (Å²) in [5, 5.41) is 0. The lowest BCUT2D eigenvalue weighted by atomic mass is 10.1. The lowest BCUT2D eigenvalue weighted by molar-refractivity contribution is 0.0774. The van der Waals surface area contributed by atoms with Gasteiger partial charge in [-0.2, -0.15) is 0 Å². The Morgan fingerprint density at radius 1 is 1.47 bits per heavy atom. The molecule has 2 heterocycles. The van der Waals surface area contributed by atoms with Crippen LogP contribution in [0.25, 0.3) is 0 Å². The van der Waals surface area contributed by atoms with Gasteiger partial charge in [-0.15, -0.1) is 0 Å². The van der Waals surface area contributed by atoms with Gasteiger partial charge < -0.3 is 15.2 Å². The molecule has 0 bridgehead atoms. The maximum atomic E-state index is 12.4. The number of carbonyl (C=O) groups excluding carboxylic acids is 1. The molecular formula is C13H21N3O.